The van der Waals surface area contributed by atoms with E-state index in [0.717, 1.165) is 17.3 Å². The molecule has 1 unspecified atom stereocenters. The molecular weight excluding hydrogens is 352 g/mol. The van der Waals surface area contributed by atoms with Crippen LogP contribution in [0.15, 0.2) is 49.9 Å². The quantitative estimate of drug-likeness (QED) is 0.616. The Bertz CT molecular complexity index is 487. The van der Waals surface area contributed by atoms with Crippen molar-refractivity contribution >= 4 is 58.2 Å². The lowest BCUT2D eigenvalue weighted by molar-refractivity contribution is -1.01. The molecule has 0 radical (unpaired) electrons. The number of rotatable bonds is 5. The highest BCUT2D eigenvalue weighted by Crippen LogP contribution is 2.32. The van der Waals surface area contributed by atoms with Crippen LogP contribution in [-0.2, 0) is 5.75 Å². The summed E-state index contributed by atoms with van der Waals surface area (Å²) in [5.41, 5.74) is 0.705. The third kappa shape index (κ3) is 5.53. The lowest BCUT2D eigenvalue weighted by Crippen LogP contribution is -3.02. The highest BCUT2D eigenvalue weighted by Gasteiger charge is 2.20. The van der Waals surface area contributed by atoms with Crippen LogP contribution in [0, 0.1) is 5.21 Å². The smallest absolute Gasteiger partial charge is 0.210 e. The van der Waals surface area contributed by atoms with E-state index in [2.05, 4.69) is 0 Å². The maximum atomic E-state index is 11.1. The van der Waals surface area contributed by atoms with Gasteiger partial charge in [-0.2, -0.15) is 5.23 Å². The Kier molecular flexibility index (Phi) is 7.57. The summed E-state index contributed by atoms with van der Waals surface area (Å²) in [5, 5.41) is 18.6. The standard InChI is InChI=1S/C11H9Cl4NO2S/c12-8(10(13)14)9(16(17)18)11(15)19-6-7-4-2-1-3-5-7/h1-5,16-17H,6H2/b11-9-. The average molecular weight is 361 g/mol. The number of hydrogen-bond donors (Lipinski definition) is 2. The van der Waals surface area contributed by atoms with Crippen molar-refractivity contribution in [2.24, 2.45) is 0 Å². The van der Waals surface area contributed by atoms with Crippen molar-refractivity contribution in [3.63, 3.8) is 0 Å². The molecule has 0 aliphatic rings. The minimum atomic E-state index is -1.28. The van der Waals surface area contributed by atoms with Crippen molar-refractivity contribution < 1.29 is 10.4 Å². The third-order valence-electron chi connectivity index (χ3n) is 2.00. The second-order valence-electron chi connectivity index (χ2n) is 3.30. The van der Waals surface area contributed by atoms with E-state index in [4.69, 9.17) is 51.6 Å². The van der Waals surface area contributed by atoms with Crippen molar-refractivity contribution in [1.29, 1.82) is 0 Å². The van der Waals surface area contributed by atoms with E-state index in [9.17, 15) is 5.21 Å². The van der Waals surface area contributed by atoms with Crippen molar-refractivity contribution in [2.75, 3.05) is 0 Å². The summed E-state index contributed by atoms with van der Waals surface area (Å²) >= 11 is 23.8. The number of hydroxylamine groups is 2. The van der Waals surface area contributed by atoms with Gasteiger partial charge in [-0.3, -0.25) is 0 Å². The summed E-state index contributed by atoms with van der Waals surface area (Å²) in [6, 6.07) is 9.47. The Morgan fingerprint density at radius 2 is 1.74 bits per heavy atom. The Labute approximate surface area is 134 Å². The fourth-order valence-corrected chi connectivity index (χ4v) is 2.78. The van der Waals surface area contributed by atoms with Gasteiger partial charge < -0.3 is 5.21 Å². The maximum Gasteiger partial charge on any atom is 0.210 e. The molecule has 0 saturated heterocycles. The Morgan fingerprint density at radius 3 is 2.21 bits per heavy atom. The highest BCUT2D eigenvalue weighted by atomic mass is 35.5. The first kappa shape index (κ1) is 17.1. The van der Waals surface area contributed by atoms with Gasteiger partial charge in [-0.05, 0) is 5.56 Å². The second kappa shape index (κ2) is 8.39. The van der Waals surface area contributed by atoms with Crippen molar-refractivity contribution in [2.45, 2.75) is 5.75 Å². The molecule has 0 fully saturated rings. The van der Waals surface area contributed by atoms with Gasteiger partial charge in [0.15, 0.2) is 0 Å². The predicted molar refractivity (Wildman–Crippen MR) is 81.3 cm³/mol. The van der Waals surface area contributed by atoms with E-state index >= 15 is 0 Å². The molecule has 1 rings (SSSR count). The number of halogens is 4. The van der Waals surface area contributed by atoms with Crippen LogP contribution in [0.25, 0.3) is 0 Å². The summed E-state index contributed by atoms with van der Waals surface area (Å²) in [6.45, 7) is 0. The molecule has 0 heterocycles. The number of quaternary nitrogens is 1. The van der Waals surface area contributed by atoms with E-state index in [1.165, 1.54) is 0 Å². The lowest BCUT2D eigenvalue weighted by atomic mass is 10.2. The fourth-order valence-electron chi connectivity index (χ4n) is 1.15. The van der Waals surface area contributed by atoms with Crippen molar-refractivity contribution in [3.8, 4) is 0 Å². The molecule has 0 saturated carbocycles. The normalized spacial score (nSPS) is 13.8. The zero-order valence-electron chi connectivity index (χ0n) is 9.37. The van der Waals surface area contributed by atoms with E-state index in [1.54, 1.807) is 0 Å². The molecule has 0 amide bonds. The summed E-state index contributed by atoms with van der Waals surface area (Å²) in [7, 11) is 0. The lowest BCUT2D eigenvalue weighted by Gasteiger charge is -2.16. The highest BCUT2D eigenvalue weighted by molar-refractivity contribution is 8.03. The topological polar surface area (TPSA) is 47.7 Å². The fraction of sp³-hybridized carbons (Fsp3) is 0.0909. The second-order valence-corrected chi connectivity index (χ2v) is 6.22. The van der Waals surface area contributed by atoms with E-state index in [0.29, 0.717) is 5.75 Å². The minimum absolute atomic E-state index is 0.0279. The first-order valence-corrected chi connectivity index (χ1v) is 7.44. The van der Waals surface area contributed by atoms with E-state index in [1.807, 2.05) is 30.3 Å². The molecule has 0 spiro atoms. The number of nitrogens with one attached hydrogen (secondary N) is 1. The first-order valence-electron chi connectivity index (χ1n) is 4.94. The van der Waals surface area contributed by atoms with Gasteiger partial charge in [-0.25, -0.2) is 5.21 Å². The van der Waals surface area contributed by atoms with Crippen molar-refractivity contribution in [1.82, 2.24) is 0 Å². The SMILES string of the molecule is [O-][NH+](O)/C(C(Cl)=C(Cl)Cl)=C(/Cl)SCc1ccccc1. The van der Waals surface area contributed by atoms with Crippen LogP contribution >= 0.6 is 58.2 Å². The average Bonchev–Trinajstić information content (AvgIpc) is 2.37. The van der Waals surface area contributed by atoms with Crippen LogP contribution in [0.2, 0.25) is 0 Å². The Balaban J connectivity index is 2.89. The van der Waals surface area contributed by atoms with Gasteiger partial charge in [-0.1, -0.05) is 76.7 Å². The van der Waals surface area contributed by atoms with Crippen LogP contribution in [0.1, 0.15) is 5.56 Å². The van der Waals surface area contributed by atoms with Crippen LogP contribution < -0.4 is 5.23 Å². The zero-order valence-corrected chi connectivity index (χ0v) is 13.2. The predicted octanol–water partition coefficient (Wildman–Crippen LogP) is 3.99. The van der Waals surface area contributed by atoms with Crippen LogP contribution in [0.5, 0.6) is 0 Å². The van der Waals surface area contributed by atoms with Crippen molar-refractivity contribution in [3.05, 3.63) is 60.7 Å². The van der Waals surface area contributed by atoms with Gasteiger partial charge >= 0.3 is 0 Å². The molecule has 19 heavy (non-hydrogen) atoms. The molecule has 1 aromatic rings. The monoisotopic (exact) mass is 359 g/mol. The number of thioether (sulfide) groups is 1. The number of allylic oxidation sites excluding steroid dienone is 1. The molecule has 0 aromatic heterocycles. The number of hydrogen-bond acceptors (Lipinski definition) is 3. The van der Waals surface area contributed by atoms with Crippen LogP contribution in [0.3, 0.4) is 0 Å². The molecular formula is C11H9Cl4NO2S. The van der Waals surface area contributed by atoms with Crippen LogP contribution in [0.4, 0.5) is 0 Å². The van der Waals surface area contributed by atoms with Crippen LogP contribution in [-0.4, -0.2) is 5.21 Å². The molecule has 1 aromatic carbocycles. The first-order chi connectivity index (χ1) is 8.93. The van der Waals surface area contributed by atoms with E-state index in [-0.39, 0.29) is 19.6 Å². The summed E-state index contributed by atoms with van der Waals surface area (Å²) in [6.07, 6.45) is 0. The molecule has 3 nitrogen and oxygen atoms in total. The van der Waals surface area contributed by atoms with Gasteiger partial charge in [0.1, 0.15) is 13.9 Å². The summed E-state index contributed by atoms with van der Waals surface area (Å²) < 4.78 is -0.308. The molecule has 0 aliphatic carbocycles. The minimum Gasteiger partial charge on any atom is -0.595 e. The third-order valence-corrected chi connectivity index (χ3v) is 4.41. The Hall–Kier alpha value is 0.0900. The van der Waals surface area contributed by atoms with Gasteiger partial charge in [0.2, 0.25) is 5.70 Å². The molecule has 104 valence electrons. The van der Waals surface area contributed by atoms with Gasteiger partial charge in [0.25, 0.3) is 0 Å². The molecule has 2 N–H and O–H groups in total. The summed E-state index contributed by atoms with van der Waals surface area (Å²) in [5.74, 6) is 0.514. The summed E-state index contributed by atoms with van der Waals surface area (Å²) in [4.78, 5) is 0. The van der Waals surface area contributed by atoms with Gasteiger partial charge in [-0.15, -0.1) is 11.8 Å². The Morgan fingerprint density at radius 1 is 1.16 bits per heavy atom. The number of benzene rings is 1. The van der Waals surface area contributed by atoms with Gasteiger partial charge in [0.05, 0.1) is 0 Å². The molecule has 0 bridgehead atoms. The van der Waals surface area contributed by atoms with E-state index < -0.39 is 5.23 Å². The maximum absolute atomic E-state index is 11.1. The molecule has 1 atom stereocenters. The molecule has 8 heteroatoms. The molecule has 0 aliphatic heterocycles. The zero-order chi connectivity index (χ0) is 14.4. The largest absolute Gasteiger partial charge is 0.595 e. The van der Waals surface area contributed by atoms with Gasteiger partial charge in [0, 0.05) is 5.75 Å².